The standard InChI is InChI=1S/C21H26FN3O/c1-24(21(26)20-8-4-5-12-23-20)16-17-9-13-25(14-10-17)15-11-18-6-2-3-7-19(18)22/h2-8,12,17H,9-11,13-16H2,1H3. The number of hydrogen-bond acceptors (Lipinski definition) is 3. The first kappa shape index (κ1) is 18.5. The van der Waals surface area contributed by atoms with Crippen LogP contribution in [0.1, 0.15) is 28.9 Å². The van der Waals surface area contributed by atoms with Crippen LogP contribution in [-0.2, 0) is 6.42 Å². The van der Waals surface area contributed by atoms with Gasteiger partial charge in [0.2, 0.25) is 0 Å². The number of halogens is 1. The summed E-state index contributed by atoms with van der Waals surface area (Å²) >= 11 is 0. The van der Waals surface area contributed by atoms with Gasteiger partial charge in [-0.15, -0.1) is 0 Å². The molecule has 0 spiro atoms. The van der Waals surface area contributed by atoms with Crippen molar-refractivity contribution in [3.05, 3.63) is 65.7 Å². The van der Waals surface area contributed by atoms with E-state index in [-0.39, 0.29) is 11.7 Å². The lowest BCUT2D eigenvalue weighted by atomic mass is 9.96. The second kappa shape index (κ2) is 8.90. The van der Waals surface area contributed by atoms with Gasteiger partial charge in [0.25, 0.3) is 5.91 Å². The third-order valence-corrected chi connectivity index (χ3v) is 5.13. The number of carbonyl (C=O) groups is 1. The Morgan fingerprint density at radius 1 is 1.19 bits per heavy atom. The van der Waals surface area contributed by atoms with Crippen LogP contribution in [0.5, 0.6) is 0 Å². The van der Waals surface area contributed by atoms with E-state index in [1.165, 1.54) is 6.07 Å². The van der Waals surface area contributed by atoms with Crippen molar-refractivity contribution in [2.24, 2.45) is 5.92 Å². The van der Waals surface area contributed by atoms with Crippen molar-refractivity contribution in [1.82, 2.24) is 14.8 Å². The first-order chi connectivity index (χ1) is 12.6. The first-order valence-electron chi connectivity index (χ1n) is 9.25. The van der Waals surface area contributed by atoms with Gasteiger partial charge in [0, 0.05) is 26.3 Å². The molecular weight excluding hydrogens is 329 g/mol. The Morgan fingerprint density at radius 3 is 2.62 bits per heavy atom. The summed E-state index contributed by atoms with van der Waals surface area (Å²) in [5.41, 5.74) is 1.28. The SMILES string of the molecule is CN(CC1CCN(CCc2ccccc2F)CC1)C(=O)c1ccccn1. The van der Waals surface area contributed by atoms with Crippen LogP contribution < -0.4 is 0 Å². The van der Waals surface area contributed by atoms with E-state index < -0.39 is 0 Å². The predicted molar refractivity (Wildman–Crippen MR) is 100 cm³/mol. The number of carbonyl (C=O) groups excluding carboxylic acids is 1. The van der Waals surface area contributed by atoms with Crippen LogP contribution >= 0.6 is 0 Å². The lowest BCUT2D eigenvalue weighted by Gasteiger charge is -2.33. The van der Waals surface area contributed by atoms with Crippen molar-refractivity contribution in [2.75, 3.05) is 33.2 Å². The number of likely N-dealkylation sites (tertiary alicyclic amines) is 1. The van der Waals surface area contributed by atoms with Crippen molar-refractivity contribution in [3.63, 3.8) is 0 Å². The molecule has 1 fully saturated rings. The highest BCUT2D eigenvalue weighted by Crippen LogP contribution is 2.19. The summed E-state index contributed by atoms with van der Waals surface area (Å²) in [7, 11) is 1.85. The Labute approximate surface area is 154 Å². The number of amides is 1. The number of rotatable bonds is 6. The summed E-state index contributed by atoms with van der Waals surface area (Å²) in [6, 6.07) is 12.4. The highest BCUT2D eigenvalue weighted by molar-refractivity contribution is 5.92. The van der Waals surface area contributed by atoms with E-state index in [1.807, 2.05) is 31.3 Å². The van der Waals surface area contributed by atoms with Crippen molar-refractivity contribution in [3.8, 4) is 0 Å². The Bertz CT molecular complexity index is 714. The number of nitrogens with zero attached hydrogens (tertiary/aromatic N) is 3. The minimum Gasteiger partial charge on any atom is -0.340 e. The van der Waals surface area contributed by atoms with Crippen molar-refractivity contribution >= 4 is 5.91 Å². The third-order valence-electron chi connectivity index (χ3n) is 5.13. The molecule has 0 unspecified atom stereocenters. The van der Waals surface area contributed by atoms with E-state index in [0.717, 1.165) is 51.0 Å². The van der Waals surface area contributed by atoms with E-state index in [9.17, 15) is 9.18 Å². The van der Waals surface area contributed by atoms with Crippen LogP contribution in [0.25, 0.3) is 0 Å². The van der Waals surface area contributed by atoms with Crippen LogP contribution in [0.3, 0.4) is 0 Å². The highest BCUT2D eigenvalue weighted by Gasteiger charge is 2.22. The molecule has 5 heteroatoms. The number of pyridine rings is 1. The largest absolute Gasteiger partial charge is 0.340 e. The molecule has 4 nitrogen and oxygen atoms in total. The van der Waals surface area contributed by atoms with Gasteiger partial charge in [0.1, 0.15) is 11.5 Å². The van der Waals surface area contributed by atoms with Gasteiger partial charge in [-0.25, -0.2) is 4.39 Å². The Balaban J connectivity index is 1.42. The van der Waals surface area contributed by atoms with Gasteiger partial charge >= 0.3 is 0 Å². The van der Waals surface area contributed by atoms with Crippen molar-refractivity contribution in [1.29, 1.82) is 0 Å². The van der Waals surface area contributed by atoms with Gasteiger partial charge in [0.15, 0.2) is 0 Å². The molecule has 1 amide bonds. The summed E-state index contributed by atoms with van der Waals surface area (Å²) in [5, 5.41) is 0. The van der Waals surface area contributed by atoms with E-state index >= 15 is 0 Å². The average Bonchev–Trinajstić information content (AvgIpc) is 2.68. The van der Waals surface area contributed by atoms with Crippen LogP contribution in [0.4, 0.5) is 4.39 Å². The number of aromatic nitrogens is 1. The zero-order chi connectivity index (χ0) is 18.4. The van der Waals surface area contributed by atoms with Gasteiger partial charge in [-0.1, -0.05) is 24.3 Å². The molecule has 26 heavy (non-hydrogen) atoms. The van der Waals surface area contributed by atoms with Gasteiger partial charge in [-0.2, -0.15) is 0 Å². The number of piperidine rings is 1. The molecule has 0 aliphatic carbocycles. The monoisotopic (exact) mass is 355 g/mol. The molecule has 3 rings (SSSR count). The molecule has 0 saturated carbocycles. The fraction of sp³-hybridized carbons (Fsp3) is 0.429. The van der Waals surface area contributed by atoms with Gasteiger partial charge in [-0.3, -0.25) is 9.78 Å². The van der Waals surface area contributed by atoms with E-state index in [1.54, 1.807) is 23.2 Å². The van der Waals surface area contributed by atoms with Crippen LogP contribution in [0.2, 0.25) is 0 Å². The van der Waals surface area contributed by atoms with E-state index in [2.05, 4.69) is 9.88 Å². The molecule has 1 aromatic heterocycles. The lowest BCUT2D eigenvalue weighted by molar-refractivity contribution is 0.0734. The normalized spacial score (nSPS) is 15.8. The molecule has 2 aromatic rings. The van der Waals surface area contributed by atoms with Crippen LogP contribution in [0.15, 0.2) is 48.7 Å². The topological polar surface area (TPSA) is 36.4 Å². The highest BCUT2D eigenvalue weighted by atomic mass is 19.1. The molecule has 138 valence electrons. The molecule has 0 radical (unpaired) electrons. The molecule has 0 atom stereocenters. The predicted octanol–water partition coefficient (Wildman–Crippen LogP) is 3.25. The summed E-state index contributed by atoms with van der Waals surface area (Å²) in [4.78, 5) is 20.7. The van der Waals surface area contributed by atoms with E-state index in [0.29, 0.717) is 11.6 Å². The van der Waals surface area contributed by atoms with Gasteiger partial charge < -0.3 is 9.80 Å². The summed E-state index contributed by atoms with van der Waals surface area (Å²) in [6.45, 7) is 3.66. The minimum atomic E-state index is -0.114. The second-order valence-electron chi connectivity index (χ2n) is 7.03. The van der Waals surface area contributed by atoms with Gasteiger partial charge in [-0.05, 0) is 62.0 Å². The zero-order valence-corrected chi connectivity index (χ0v) is 15.3. The maximum Gasteiger partial charge on any atom is 0.272 e. The fourth-order valence-electron chi connectivity index (χ4n) is 3.53. The fourth-order valence-corrected chi connectivity index (χ4v) is 3.53. The number of benzene rings is 1. The van der Waals surface area contributed by atoms with Gasteiger partial charge in [0.05, 0.1) is 0 Å². The second-order valence-corrected chi connectivity index (χ2v) is 7.03. The molecule has 1 aromatic carbocycles. The van der Waals surface area contributed by atoms with Crippen LogP contribution in [0, 0.1) is 11.7 Å². The molecule has 1 aliphatic heterocycles. The minimum absolute atomic E-state index is 0.0208. The molecule has 1 saturated heterocycles. The summed E-state index contributed by atoms with van der Waals surface area (Å²) in [5.74, 6) is 0.377. The molecule has 2 heterocycles. The van der Waals surface area contributed by atoms with E-state index in [4.69, 9.17) is 0 Å². The Kier molecular flexibility index (Phi) is 6.34. The molecule has 0 N–H and O–H groups in total. The summed E-state index contributed by atoms with van der Waals surface area (Å²) in [6.07, 6.45) is 4.53. The Morgan fingerprint density at radius 2 is 1.92 bits per heavy atom. The maximum atomic E-state index is 13.7. The summed E-state index contributed by atoms with van der Waals surface area (Å²) < 4.78 is 13.7. The van der Waals surface area contributed by atoms with Crippen LogP contribution in [-0.4, -0.2) is 53.9 Å². The maximum absolute atomic E-state index is 13.7. The quantitative estimate of drug-likeness (QED) is 0.798. The molecule has 0 bridgehead atoms. The smallest absolute Gasteiger partial charge is 0.272 e. The molecule has 1 aliphatic rings. The molecular formula is C21H26FN3O. The zero-order valence-electron chi connectivity index (χ0n) is 15.3. The van der Waals surface area contributed by atoms with Crippen molar-refractivity contribution < 1.29 is 9.18 Å². The lowest BCUT2D eigenvalue weighted by Crippen LogP contribution is -2.40. The third kappa shape index (κ3) is 4.88. The number of hydrogen-bond donors (Lipinski definition) is 0. The van der Waals surface area contributed by atoms with Crippen molar-refractivity contribution in [2.45, 2.75) is 19.3 Å². The Hall–Kier alpha value is -2.27. The first-order valence-corrected chi connectivity index (χ1v) is 9.25. The average molecular weight is 355 g/mol.